The maximum Gasteiger partial charge on any atom is 0.153 e. The molecule has 0 saturated carbocycles. The minimum Gasteiger partial charge on any atom is -0.497 e. The fraction of sp³-hybridized carbons (Fsp3) is 0.308. The molecular weight excluding hydrogens is 230 g/mol. The van der Waals surface area contributed by atoms with E-state index in [2.05, 4.69) is 10.2 Å². The zero-order valence-electron chi connectivity index (χ0n) is 10.8. The van der Waals surface area contributed by atoms with Crippen LogP contribution in [0.5, 0.6) is 11.5 Å². The molecule has 18 heavy (non-hydrogen) atoms. The van der Waals surface area contributed by atoms with E-state index in [9.17, 15) is 0 Å². The molecule has 0 saturated heterocycles. The van der Waals surface area contributed by atoms with Gasteiger partial charge in [-0.15, -0.1) is 0 Å². The van der Waals surface area contributed by atoms with E-state index < -0.39 is 0 Å². The van der Waals surface area contributed by atoms with Crippen LogP contribution in [0, 0.1) is 0 Å². The average Bonchev–Trinajstić information content (AvgIpc) is 2.78. The van der Waals surface area contributed by atoms with E-state index in [1.165, 1.54) is 0 Å². The number of methoxy groups -OCH3 is 2. The van der Waals surface area contributed by atoms with E-state index in [1.54, 1.807) is 14.2 Å². The van der Waals surface area contributed by atoms with E-state index in [-0.39, 0.29) is 0 Å². The molecule has 0 atom stereocenters. The van der Waals surface area contributed by atoms with Crippen molar-refractivity contribution in [3.05, 3.63) is 23.9 Å². The van der Waals surface area contributed by atoms with Crippen LogP contribution in [0.4, 0.5) is 5.82 Å². The smallest absolute Gasteiger partial charge is 0.153 e. The first-order chi connectivity index (χ1) is 8.71. The van der Waals surface area contributed by atoms with E-state index >= 15 is 0 Å². The number of benzene rings is 1. The summed E-state index contributed by atoms with van der Waals surface area (Å²) in [5.74, 6) is 1.98. The van der Waals surface area contributed by atoms with Gasteiger partial charge in [-0.1, -0.05) is 6.92 Å². The molecule has 0 spiro atoms. The van der Waals surface area contributed by atoms with Crippen LogP contribution in [-0.2, 0) is 6.42 Å². The number of hydrogen-bond donors (Lipinski definition) is 2. The minimum atomic E-state index is 0.471. The second-order valence-corrected chi connectivity index (χ2v) is 3.88. The molecule has 0 aliphatic carbocycles. The summed E-state index contributed by atoms with van der Waals surface area (Å²) in [7, 11) is 3.26. The summed E-state index contributed by atoms with van der Waals surface area (Å²) in [6.07, 6.45) is 0.819. The summed E-state index contributed by atoms with van der Waals surface area (Å²) in [5.41, 5.74) is 8.68. The highest BCUT2D eigenvalue weighted by Gasteiger charge is 2.16. The molecule has 0 aliphatic heterocycles. The van der Waals surface area contributed by atoms with Gasteiger partial charge in [0.05, 0.1) is 19.8 Å². The normalized spacial score (nSPS) is 10.4. The Morgan fingerprint density at radius 3 is 2.67 bits per heavy atom. The summed E-state index contributed by atoms with van der Waals surface area (Å²) < 4.78 is 10.6. The van der Waals surface area contributed by atoms with Crippen LogP contribution >= 0.6 is 0 Å². The van der Waals surface area contributed by atoms with Crippen LogP contribution in [0.25, 0.3) is 11.1 Å². The van der Waals surface area contributed by atoms with Crippen LogP contribution in [0.3, 0.4) is 0 Å². The summed E-state index contributed by atoms with van der Waals surface area (Å²) in [4.78, 5) is 0. The summed E-state index contributed by atoms with van der Waals surface area (Å²) in [6, 6.07) is 5.61. The molecule has 96 valence electrons. The Hall–Kier alpha value is -2.17. The number of nitrogen functional groups attached to an aromatic ring is 1. The fourth-order valence-electron chi connectivity index (χ4n) is 1.96. The molecule has 3 N–H and O–H groups in total. The number of H-pyrrole nitrogens is 1. The lowest BCUT2D eigenvalue weighted by Crippen LogP contribution is -1.94. The first-order valence-corrected chi connectivity index (χ1v) is 5.76. The minimum absolute atomic E-state index is 0.471. The Labute approximate surface area is 106 Å². The van der Waals surface area contributed by atoms with Crippen molar-refractivity contribution in [3.63, 3.8) is 0 Å². The van der Waals surface area contributed by atoms with Gasteiger partial charge >= 0.3 is 0 Å². The molecular formula is C13H17N3O2. The number of rotatable bonds is 4. The molecule has 0 aliphatic rings. The third-order valence-corrected chi connectivity index (χ3v) is 2.90. The highest BCUT2D eigenvalue weighted by Crippen LogP contribution is 2.37. The molecule has 5 heteroatoms. The summed E-state index contributed by atoms with van der Waals surface area (Å²) in [5, 5.41) is 6.99. The van der Waals surface area contributed by atoms with E-state index in [0.29, 0.717) is 5.82 Å². The molecule has 0 unspecified atom stereocenters. The highest BCUT2D eigenvalue weighted by molar-refractivity contribution is 5.81. The van der Waals surface area contributed by atoms with Crippen molar-refractivity contribution >= 4 is 5.82 Å². The molecule has 5 nitrogen and oxygen atoms in total. The van der Waals surface area contributed by atoms with Crippen LogP contribution in [0.15, 0.2) is 18.2 Å². The zero-order valence-corrected chi connectivity index (χ0v) is 10.8. The van der Waals surface area contributed by atoms with Gasteiger partial charge in [0.2, 0.25) is 0 Å². The average molecular weight is 247 g/mol. The predicted octanol–water partition coefficient (Wildman–Crippen LogP) is 2.24. The third kappa shape index (κ3) is 1.99. The number of nitrogens with zero attached hydrogens (tertiary/aromatic N) is 1. The van der Waals surface area contributed by atoms with Crippen molar-refractivity contribution in [2.24, 2.45) is 0 Å². The Kier molecular flexibility index (Phi) is 3.41. The second kappa shape index (κ2) is 5.00. The molecule has 1 aromatic carbocycles. The van der Waals surface area contributed by atoms with Gasteiger partial charge in [-0.3, -0.25) is 5.10 Å². The van der Waals surface area contributed by atoms with Crippen LogP contribution in [-0.4, -0.2) is 24.4 Å². The SMILES string of the molecule is CCc1[nH]nc(N)c1-c1cc(OC)ccc1OC. The van der Waals surface area contributed by atoms with Crippen LogP contribution in [0.2, 0.25) is 0 Å². The van der Waals surface area contributed by atoms with Gasteiger partial charge in [0.25, 0.3) is 0 Å². The first-order valence-electron chi connectivity index (χ1n) is 5.76. The third-order valence-electron chi connectivity index (χ3n) is 2.90. The first kappa shape index (κ1) is 12.3. The lowest BCUT2D eigenvalue weighted by Gasteiger charge is -2.11. The van der Waals surface area contributed by atoms with Crippen LogP contribution in [0.1, 0.15) is 12.6 Å². The van der Waals surface area contributed by atoms with E-state index in [0.717, 1.165) is 34.7 Å². The van der Waals surface area contributed by atoms with Gasteiger partial charge in [-0.25, -0.2) is 0 Å². The maximum absolute atomic E-state index is 5.93. The lowest BCUT2D eigenvalue weighted by atomic mass is 10.0. The molecule has 0 amide bonds. The largest absolute Gasteiger partial charge is 0.497 e. The Morgan fingerprint density at radius 1 is 1.28 bits per heavy atom. The molecule has 1 heterocycles. The Bertz CT molecular complexity index is 549. The zero-order chi connectivity index (χ0) is 13.1. The van der Waals surface area contributed by atoms with Crippen molar-refractivity contribution < 1.29 is 9.47 Å². The van der Waals surface area contributed by atoms with Gasteiger partial charge in [0.1, 0.15) is 11.5 Å². The van der Waals surface area contributed by atoms with Gasteiger partial charge in [0.15, 0.2) is 5.82 Å². The monoisotopic (exact) mass is 247 g/mol. The number of anilines is 1. The van der Waals surface area contributed by atoms with E-state index in [4.69, 9.17) is 15.2 Å². The quantitative estimate of drug-likeness (QED) is 0.869. The molecule has 1 aromatic heterocycles. The molecule has 0 fully saturated rings. The number of nitrogens with one attached hydrogen (secondary N) is 1. The number of aromatic amines is 1. The van der Waals surface area contributed by atoms with Crippen LogP contribution < -0.4 is 15.2 Å². The fourth-order valence-corrected chi connectivity index (χ4v) is 1.96. The standard InChI is InChI=1S/C13H17N3O2/c1-4-10-12(13(14)16-15-10)9-7-8(17-2)5-6-11(9)18-3/h5-7H,4H2,1-3H3,(H3,14,15,16). The Morgan fingerprint density at radius 2 is 2.06 bits per heavy atom. The number of hydrogen-bond acceptors (Lipinski definition) is 4. The van der Waals surface area contributed by atoms with E-state index in [1.807, 2.05) is 25.1 Å². The van der Waals surface area contributed by atoms with Gasteiger partial charge in [0, 0.05) is 11.3 Å². The molecule has 2 rings (SSSR count). The molecule has 0 bridgehead atoms. The topological polar surface area (TPSA) is 73.2 Å². The number of aryl methyl sites for hydroxylation is 1. The lowest BCUT2D eigenvalue weighted by molar-refractivity contribution is 0.404. The van der Waals surface area contributed by atoms with Crippen molar-refractivity contribution in [2.45, 2.75) is 13.3 Å². The van der Waals surface area contributed by atoms with Crippen molar-refractivity contribution in [2.75, 3.05) is 20.0 Å². The predicted molar refractivity (Wildman–Crippen MR) is 70.9 cm³/mol. The highest BCUT2D eigenvalue weighted by atomic mass is 16.5. The molecule has 2 aromatic rings. The number of nitrogens with two attached hydrogens (primary N) is 1. The van der Waals surface area contributed by atoms with Crippen molar-refractivity contribution in [1.29, 1.82) is 0 Å². The van der Waals surface area contributed by atoms with Gasteiger partial charge < -0.3 is 15.2 Å². The van der Waals surface area contributed by atoms with Gasteiger partial charge in [-0.05, 0) is 24.6 Å². The Balaban J connectivity index is 2.64. The second-order valence-electron chi connectivity index (χ2n) is 3.88. The summed E-state index contributed by atoms with van der Waals surface area (Å²) in [6.45, 7) is 2.04. The van der Waals surface area contributed by atoms with Crippen molar-refractivity contribution in [1.82, 2.24) is 10.2 Å². The maximum atomic E-state index is 5.93. The number of aromatic nitrogens is 2. The van der Waals surface area contributed by atoms with Gasteiger partial charge in [-0.2, -0.15) is 5.10 Å². The van der Waals surface area contributed by atoms with Crippen molar-refractivity contribution in [3.8, 4) is 22.6 Å². The summed E-state index contributed by atoms with van der Waals surface area (Å²) >= 11 is 0. The molecule has 0 radical (unpaired) electrons. The number of ether oxygens (including phenoxy) is 2.